The second-order valence-corrected chi connectivity index (χ2v) is 3.25. The Hall–Kier alpha value is -1.08. The molecule has 1 rings (SSSR count). The van der Waals surface area contributed by atoms with Gasteiger partial charge in [-0.1, -0.05) is 0 Å². The van der Waals surface area contributed by atoms with Gasteiger partial charge in [0.15, 0.2) is 0 Å². The summed E-state index contributed by atoms with van der Waals surface area (Å²) in [6, 6.07) is 0. The molecular weight excluding hydrogens is 187 g/mol. The molecule has 0 unspecified atom stereocenters. The summed E-state index contributed by atoms with van der Waals surface area (Å²) in [6.07, 6.45) is 6.18. The van der Waals surface area contributed by atoms with Crippen molar-refractivity contribution >= 4 is 10.2 Å². The average molecular weight is 194 g/mol. The van der Waals surface area contributed by atoms with Gasteiger partial charge in [-0.3, -0.25) is 5.43 Å². The third kappa shape index (κ3) is 3.35. The van der Waals surface area contributed by atoms with Crippen LogP contribution >= 0.6 is 0 Å². The molecule has 1 heterocycles. The Kier molecular flexibility index (Phi) is 2.66. The van der Waals surface area contributed by atoms with Crippen molar-refractivity contribution in [2.75, 3.05) is 5.94 Å². The van der Waals surface area contributed by atoms with Crippen molar-refractivity contribution in [1.29, 1.82) is 0 Å². The molecule has 7 heteroatoms. The minimum absolute atomic E-state index is 0.983. The lowest BCUT2D eigenvalue weighted by Crippen LogP contribution is -2.31. The Bertz CT molecular complexity index is 298. The maximum absolute atomic E-state index is 11.9. The van der Waals surface area contributed by atoms with Crippen LogP contribution in [0.25, 0.3) is 0 Å². The number of rotatable bonds is 3. The summed E-state index contributed by atoms with van der Waals surface area (Å²) in [7, 11) is -4.59. The van der Waals surface area contributed by atoms with E-state index in [2.05, 4.69) is 10.3 Å². The fourth-order valence-corrected chi connectivity index (χ4v) is 0.782. The van der Waals surface area contributed by atoms with E-state index in [1.165, 1.54) is 12.4 Å². The summed E-state index contributed by atoms with van der Waals surface area (Å²) in [5, 5.41) is 0.983. The van der Waals surface area contributed by atoms with E-state index < -0.39 is 16.2 Å². The molecule has 0 radical (unpaired) electrons. The summed E-state index contributed by atoms with van der Waals surface area (Å²) in [6.45, 7) is 0. The van der Waals surface area contributed by atoms with Gasteiger partial charge in [-0.25, -0.2) is 4.84 Å². The number of hydrogen-bond donors (Lipinski definition) is 1. The largest absolute Gasteiger partial charge is 0.329 e. The molecule has 0 aromatic heterocycles. The van der Waals surface area contributed by atoms with Crippen LogP contribution in [0.3, 0.4) is 0 Å². The number of hydroxylamine groups is 1. The number of hydrazine groups is 1. The van der Waals surface area contributed by atoms with Gasteiger partial charge in [-0.2, -0.15) is 13.6 Å². The van der Waals surface area contributed by atoms with Gasteiger partial charge < -0.3 is 0 Å². The van der Waals surface area contributed by atoms with Crippen molar-refractivity contribution in [1.82, 2.24) is 10.6 Å². The Morgan fingerprint density at radius 3 is 2.75 bits per heavy atom. The van der Waals surface area contributed by atoms with Crippen LogP contribution in [0, 0.1) is 0 Å². The zero-order valence-electron chi connectivity index (χ0n) is 5.97. The van der Waals surface area contributed by atoms with E-state index in [1.54, 1.807) is 12.2 Å². The topological polar surface area (TPSA) is 58.6 Å². The minimum atomic E-state index is -4.59. The smallest absolute Gasteiger partial charge is 0.282 e. The third-order valence-corrected chi connectivity index (χ3v) is 1.35. The molecule has 1 aliphatic heterocycles. The minimum Gasteiger partial charge on any atom is -0.282 e. The van der Waals surface area contributed by atoms with Crippen LogP contribution in [0.2, 0.25) is 0 Å². The van der Waals surface area contributed by atoms with Crippen LogP contribution in [0.1, 0.15) is 0 Å². The second kappa shape index (κ2) is 3.55. The zero-order valence-corrected chi connectivity index (χ0v) is 6.79. The maximum Gasteiger partial charge on any atom is 0.329 e. The Morgan fingerprint density at radius 1 is 1.50 bits per heavy atom. The first-order chi connectivity index (χ1) is 5.58. The molecule has 12 heavy (non-hydrogen) atoms. The van der Waals surface area contributed by atoms with Gasteiger partial charge >= 0.3 is 10.2 Å². The fraction of sp³-hybridized carbons (Fsp3) is 0.200. The van der Waals surface area contributed by atoms with Crippen LogP contribution in [0.4, 0.5) is 3.89 Å². The van der Waals surface area contributed by atoms with E-state index in [0.29, 0.717) is 0 Å². The summed E-state index contributed by atoms with van der Waals surface area (Å²) in [4.78, 5) is 4.47. The van der Waals surface area contributed by atoms with Crippen LogP contribution in [0.5, 0.6) is 0 Å². The van der Waals surface area contributed by atoms with E-state index in [-0.39, 0.29) is 0 Å². The second-order valence-electron chi connectivity index (χ2n) is 1.94. The van der Waals surface area contributed by atoms with Crippen LogP contribution in [0.15, 0.2) is 24.6 Å². The summed E-state index contributed by atoms with van der Waals surface area (Å²) in [5.41, 5.74) is 2.50. The van der Waals surface area contributed by atoms with E-state index >= 15 is 0 Å². The van der Waals surface area contributed by atoms with Crippen molar-refractivity contribution < 1.29 is 17.1 Å². The number of hydrogen-bond acceptors (Lipinski definition) is 5. The van der Waals surface area contributed by atoms with Gasteiger partial charge in [0.05, 0.1) is 6.20 Å². The lowest BCUT2D eigenvalue weighted by molar-refractivity contribution is -0.129. The number of halogens is 1. The lowest BCUT2D eigenvalue weighted by atomic mass is 10.5. The van der Waals surface area contributed by atoms with Gasteiger partial charge in [0.2, 0.25) is 5.94 Å². The number of allylic oxidation sites excluding steroid dienone is 2. The van der Waals surface area contributed by atoms with Gasteiger partial charge in [-0.05, 0) is 12.2 Å². The summed E-state index contributed by atoms with van der Waals surface area (Å²) >= 11 is 0. The SMILES string of the molecule is O=S(=O)(F)CON1C=CC=CN1. The van der Waals surface area contributed by atoms with Gasteiger partial charge in [-0.15, -0.1) is 3.89 Å². The normalized spacial score (nSPS) is 16.2. The molecule has 0 aromatic rings. The Balaban J connectivity index is 2.34. The van der Waals surface area contributed by atoms with Crippen molar-refractivity contribution in [2.24, 2.45) is 0 Å². The van der Waals surface area contributed by atoms with E-state index in [0.717, 1.165) is 5.17 Å². The average Bonchev–Trinajstić information content (AvgIpc) is 2.02. The first-order valence-electron chi connectivity index (χ1n) is 3.02. The molecular formula is C5H7FN2O3S. The molecule has 0 fully saturated rings. The highest BCUT2D eigenvalue weighted by molar-refractivity contribution is 7.86. The molecule has 1 N–H and O–H groups in total. The van der Waals surface area contributed by atoms with Crippen molar-refractivity contribution in [2.45, 2.75) is 0 Å². The Morgan fingerprint density at radius 2 is 2.25 bits per heavy atom. The monoisotopic (exact) mass is 194 g/mol. The van der Waals surface area contributed by atoms with Crippen LogP contribution in [-0.2, 0) is 15.1 Å². The highest BCUT2D eigenvalue weighted by Gasteiger charge is 2.09. The highest BCUT2D eigenvalue weighted by Crippen LogP contribution is 1.97. The highest BCUT2D eigenvalue weighted by atomic mass is 32.3. The number of nitrogens with one attached hydrogen (secondary N) is 1. The Labute approximate surface area is 69.2 Å². The molecule has 0 aromatic carbocycles. The molecule has 0 amide bonds. The lowest BCUT2D eigenvalue weighted by Gasteiger charge is -2.19. The van der Waals surface area contributed by atoms with Gasteiger partial charge in [0.25, 0.3) is 0 Å². The molecule has 0 saturated heterocycles. The molecule has 0 aliphatic carbocycles. The summed E-state index contributed by atoms with van der Waals surface area (Å²) < 4.78 is 31.9. The first kappa shape index (κ1) is 9.01. The predicted octanol–water partition coefficient (Wildman–Crippen LogP) is 0.0224. The van der Waals surface area contributed by atoms with Crippen molar-refractivity contribution in [3.63, 3.8) is 0 Å². The van der Waals surface area contributed by atoms with Gasteiger partial charge in [0.1, 0.15) is 0 Å². The van der Waals surface area contributed by atoms with E-state index in [9.17, 15) is 12.3 Å². The first-order valence-corrected chi connectivity index (χ1v) is 4.57. The third-order valence-electron chi connectivity index (χ3n) is 0.963. The molecule has 0 bridgehead atoms. The fourth-order valence-electron chi connectivity index (χ4n) is 0.543. The van der Waals surface area contributed by atoms with E-state index in [1.807, 2.05) is 0 Å². The maximum atomic E-state index is 11.9. The molecule has 0 atom stereocenters. The molecule has 0 saturated carbocycles. The van der Waals surface area contributed by atoms with Crippen LogP contribution < -0.4 is 5.43 Å². The van der Waals surface area contributed by atoms with Crippen molar-refractivity contribution in [3.05, 3.63) is 24.6 Å². The number of nitrogens with zero attached hydrogens (tertiary/aromatic N) is 1. The van der Waals surface area contributed by atoms with Crippen molar-refractivity contribution in [3.8, 4) is 0 Å². The van der Waals surface area contributed by atoms with Gasteiger partial charge in [0, 0.05) is 6.20 Å². The van der Waals surface area contributed by atoms with E-state index in [4.69, 9.17) is 0 Å². The molecule has 5 nitrogen and oxygen atoms in total. The molecule has 0 spiro atoms. The zero-order chi connectivity index (χ0) is 9.03. The quantitative estimate of drug-likeness (QED) is 0.642. The standard InChI is InChI=1S/C5H7FN2O3S/c6-12(9,10)5-11-8-4-2-1-3-7-8/h1-4,7H,5H2. The summed E-state index contributed by atoms with van der Waals surface area (Å²) in [5.74, 6) is -1.00. The molecule has 68 valence electrons. The predicted molar refractivity (Wildman–Crippen MR) is 39.2 cm³/mol. The molecule has 1 aliphatic rings. The van der Waals surface area contributed by atoms with Crippen LogP contribution in [-0.4, -0.2) is 19.5 Å².